The molecule has 0 fully saturated rings. The molecular formula is C13H20N2. The lowest BCUT2D eigenvalue weighted by Gasteiger charge is -2.15. The largest absolute Gasteiger partial charge is 0.271 e. The molecule has 2 nitrogen and oxygen atoms in total. The van der Waals surface area contributed by atoms with E-state index in [2.05, 4.69) is 50.1 Å². The maximum Gasteiger partial charge on any atom is 0.0494 e. The van der Waals surface area contributed by atoms with E-state index in [1.165, 1.54) is 11.1 Å². The van der Waals surface area contributed by atoms with Crippen LogP contribution in [-0.2, 0) is 0 Å². The van der Waals surface area contributed by atoms with Crippen LogP contribution in [0.1, 0.15) is 43.4 Å². The van der Waals surface area contributed by atoms with Crippen molar-refractivity contribution in [3.05, 3.63) is 48.0 Å². The minimum atomic E-state index is 0.170. The van der Waals surface area contributed by atoms with Gasteiger partial charge < -0.3 is 0 Å². The van der Waals surface area contributed by atoms with Crippen molar-refractivity contribution in [3.8, 4) is 0 Å². The maximum atomic E-state index is 5.49. The molecule has 0 saturated carbocycles. The van der Waals surface area contributed by atoms with Crippen molar-refractivity contribution in [2.45, 2.75) is 32.2 Å². The molecule has 1 aromatic carbocycles. The second-order valence-electron chi connectivity index (χ2n) is 4.06. The van der Waals surface area contributed by atoms with Gasteiger partial charge in [-0.25, -0.2) is 0 Å². The molecule has 15 heavy (non-hydrogen) atoms. The van der Waals surface area contributed by atoms with E-state index < -0.39 is 0 Å². The summed E-state index contributed by atoms with van der Waals surface area (Å²) in [6.07, 6.45) is 2.72. The van der Waals surface area contributed by atoms with Crippen molar-refractivity contribution >= 4 is 0 Å². The van der Waals surface area contributed by atoms with Crippen LogP contribution in [0.5, 0.6) is 0 Å². The molecule has 1 rings (SSSR count). The molecule has 0 aromatic heterocycles. The van der Waals surface area contributed by atoms with E-state index in [1.807, 2.05) is 6.08 Å². The van der Waals surface area contributed by atoms with E-state index in [-0.39, 0.29) is 6.04 Å². The first-order valence-electron chi connectivity index (χ1n) is 5.36. The summed E-state index contributed by atoms with van der Waals surface area (Å²) in [7, 11) is 0. The van der Waals surface area contributed by atoms with Gasteiger partial charge >= 0.3 is 0 Å². The van der Waals surface area contributed by atoms with Crippen molar-refractivity contribution in [1.82, 2.24) is 5.43 Å². The minimum absolute atomic E-state index is 0.170. The second kappa shape index (κ2) is 5.69. The SMILES string of the molecule is C=CCC(NN)c1ccc(C(C)C)cc1. The van der Waals surface area contributed by atoms with Crippen LogP contribution in [0.3, 0.4) is 0 Å². The van der Waals surface area contributed by atoms with Gasteiger partial charge in [0.15, 0.2) is 0 Å². The molecule has 2 heteroatoms. The van der Waals surface area contributed by atoms with Gasteiger partial charge in [-0.05, 0) is 23.5 Å². The van der Waals surface area contributed by atoms with E-state index >= 15 is 0 Å². The fourth-order valence-electron chi connectivity index (χ4n) is 1.58. The third kappa shape index (κ3) is 3.18. The third-order valence-electron chi connectivity index (χ3n) is 2.61. The van der Waals surface area contributed by atoms with Gasteiger partial charge in [0.05, 0.1) is 0 Å². The molecule has 0 amide bonds. The Morgan fingerprint density at radius 2 is 1.80 bits per heavy atom. The zero-order chi connectivity index (χ0) is 11.3. The summed E-state index contributed by atoms with van der Waals surface area (Å²) < 4.78 is 0. The molecule has 0 radical (unpaired) electrons. The van der Waals surface area contributed by atoms with Crippen molar-refractivity contribution < 1.29 is 0 Å². The molecule has 1 atom stereocenters. The van der Waals surface area contributed by atoms with Gasteiger partial charge in [0.1, 0.15) is 0 Å². The zero-order valence-electron chi connectivity index (χ0n) is 9.53. The lowest BCUT2D eigenvalue weighted by atomic mass is 9.98. The van der Waals surface area contributed by atoms with Crippen LogP contribution in [0, 0.1) is 0 Å². The average molecular weight is 204 g/mol. The van der Waals surface area contributed by atoms with Gasteiger partial charge in [-0.1, -0.05) is 44.2 Å². The molecule has 3 N–H and O–H groups in total. The van der Waals surface area contributed by atoms with Crippen molar-refractivity contribution in [3.63, 3.8) is 0 Å². The predicted octanol–water partition coefficient (Wildman–Crippen LogP) is 2.89. The summed E-state index contributed by atoms with van der Waals surface area (Å²) in [6, 6.07) is 8.75. The lowest BCUT2D eigenvalue weighted by molar-refractivity contribution is 0.561. The Labute approximate surface area is 92.2 Å². The van der Waals surface area contributed by atoms with Crippen LogP contribution in [-0.4, -0.2) is 0 Å². The van der Waals surface area contributed by atoms with Gasteiger partial charge in [0.25, 0.3) is 0 Å². The summed E-state index contributed by atoms with van der Waals surface area (Å²) in [5.41, 5.74) is 5.36. The molecule has 0 aliphatic heterocycles. The average Bonchev–Trinajstić information content (AvgIpc) is 2.26. The third-order valence-corrected chi connectivity index (χ3v) is 2.61. The summed E-state index contributed by atoms with van der Waals surface area (Å²) in [5.74, 6) is 6.06. The molecule has 1 aromatic rings. The van der Waals surface area contributed by atoms with Crippen molar-refractivity contribution in [1.29, 1.82) is 0 Å². The highest BCUT2D eigenvalue weighted by atomic mass is 15.2. The topological polar surface area (TPSA) is 38.0 Å². The first kappa shape index (κ1) is 12.0. The Hall–Kier alpha value is -1.12. The number of nitrogens with two attached hydrogens (primary N) is 1. The van der Waals surface area contributed by atoms with Crippen LogP contribution in [0.4, 0.5) is 0 Å². The van der Waals surface area contributed by atoms with Crippen LogP contribution >= 0.6 is 0 Å². The highest BCUT2D eigenvalue weighted by Crippen LogP contribution is 2.20. The van der Waals surface area contributed by atoms with Gasteiger partial charge in [0.2, 0.25) is 0 Å². The first-order chi connectivity index (χ1) is 7.19. The number of rotatable bonds is 5. The Bertz CT molecular complexity index is 301. The van der Waals surface area contributed by atoms with Crippen LogP contribution < -0.4 is 11.3 Å². The highest BCUT2D eigenvalue weighted by Gasteiger charge is 2.07. The summed E-state index contributed by atoms with van der Waals surface area (Å²) >= 11 is 0. The van der Waals surface area contributed by atoms with E-state index in [0.717, 1.165) is 6.42 Å². The molecule has 0 aliphatic rings. The van der Waals surface area contributed by atoms with Gasteiger partial charge in [-0.15, -0.1) is 6.58 Å². The second-order valence-corrected chi connectivity index (χ2v) is 4.06. The Morgan fingerprint density at radius 3 is 2.20 bits per heavy atom. The van der Waals surface area contributed by atoms with Gasteiger partial charge in [-0.3, -0.25) is 11.3 Å². The molecule has 0 saturated heterocycles. The summed E-state index contributed by atoms with van der Waals surface area (Å²) in [4.78, 5) is 0. The fraction of sp³-hybridized carbons (Fsp3) is 0.385. The molecule has 0 heterocycles. The number of hydrazine groups is 1. The number of nitrogens with one attached hydrogen (secondary N) is 1. The Balaban J connectivity index is 2.81. The van der Waals surface area contributed by atoms with Crippen LogP contribution in [0.25, 0.3) is 0 Å². The first-order valence-corrected chi connectivity index (χ1v) is 5.36. The van der Waals surface area contributed by atoms with Crippen molar-refractivity contribution in [2.75, 3.05) is 0 Å². The van der Waals surface area contributed by atoms with Crippen LogP contribution in [0.15, 0.2) is 36.9 Å². The minimum Gasteiger partial charge on any atom is -0.271 e. The van der Waals surface area contributed by atoms with Gasteiger partial charge in [-0.2, -0.15) is 0 Å². The van der Waals surface area contributed by atoms with E-state index in [9.17, 15) is 0 Å². The molecule has 82 valence electrons. The lowest BCUT2D eigenvalue weighted by Crippen LogP contribution is -2.27. The molecule has 1 unspecified atom stereocenters. The number of benzene rings is 1. The fourth-order valence-corrected chi connectivity index (χ4v) is 1.58. The number of hydrogen-bond acceptors (Lipinski definition) is 2. The smallest absolute Gasteiger partial charge is 0.0494 e. The monoisotopic (exact) mass is 204 g/mol. The predicted molar refractivity (Wildman–Crippen MR) is 65.4 cm³/mol. The summed E-state index contributed by atoms with van der Waals surface area (Å²) in [6.45, 7) is 8.11. The molecule has 0 spiro atoms. The normalized spacial score (nSPS) is 12.8. The highest BCUT2D eigenvalue weighted by molar-refractivity contribution is 5.27. The molecular weight excluding hydrogens is 184 g/mol. The van der Waals surface area contributed by atoms with E-state index in [1.54, 1.807) is 0 Å². The van der Waals surface area contributed by atoms with Gasteiger partial charge in [0, 0.05) is 6.04 Å². The number of hydrogen-bond donors (Lipinski definition) is 2. The Kier molecular flexibility index (Phi) is 4.53. The van der Waals surface area contributed by atoms with E-state index in [4.69, 9.17) is 5.84 Å². The van der Waals surface area contributed by atoms with E-state index in [0.29, 0.717) is 5.92 Å². The Morgan fingerprint density at radius 1 is 1.27 bits per heavy atom. The summed E-state index contributed by atoms with van der Waals surface area (Å²) in [5, 5.41) is 0. The molecule has 0 aliphatic carbocycles. The quantitative estimate of drug-likeness (QED) is 0.439. The van der Waals surface area contributed by atoms with Crippen molar-refractivity contribution in [2.24, 2.45) is 5.84 Å². The molecule has 0 bridgehead atoms. The maximum absolute atomic E-state index is 5.49. The zero-order valence-corrected chi connectivity index (χ0v) is 9.53. The standard InChI is InChI=1S/C13H20N2/c1-4-5-13(15-14)12-8-6-11(7-9-12)10(2)3/h4,6-10,13,15H,1,5,14H2,2-3H3. The van der Waals surface area contributed by atoms with Crippen LogP contribution in [0.2, 0.25) is 0 Å².